The van der Waals surface area contributed by atoms with Crippen LogP contribution in [0.1, 0.15) is 23.0 Å². The highest BCUT2D eigenvalue weighted by atomic mass is 35.5. The van der Waals surface area contributed by atoms with Crippen LogP contribution in [0.25, 0.3) is 10.1 Å². The average molecular weight is 375 g/mol. The minimum absolute atomic E-state index is 0.0543. The van der Waals surface area contributed by atoms with Gasteiger partial charge in [-0.05, 0) is 6.07 Å². The minimum Gasteiger partial charge on any atom is -0.493 e. The molecule has 1 atom stereocenters. The Morgan fingerprint density at radius 1 is 1.42 bits per heavy atom. The second-order valence-corrected chi connectivity index (χ2v) is 6.61. The van der Waals surface area contributed by atoms with Crippen molar-refractivity contribution >= 4 is 44.8 Å². The van der Waals surface area contributed by atoms with Crippen LogP contribution >= 0.6 is 22.9 Å². The molecular formula is C16H16ClFO5S. The largest absolute Gasteiger partial charge is 0.493 e. The lowest BCUT2D eigenvalue weighted by molar-refractivity contribution is -0.141. The van der Waals surface area contributed by atoms with Crippen LogP contribution < -0.4 is 9.47 Å². The van der Waals surface area contributed by atoms with Gasteiger partial charge in [0.2, 0.25) is 0 Å². The number of Topliss-reactive ketones (excluding diaryl/α,β-unsaturated/α-hetero) is 1. The van der Waals surface area contributed by atoms with Gasteiger partial charge in [0.15, 0.2) is 23.1 Å². The number of methoxy groups -OCH3 is 1. The number of carboxylic acids is 1. The first kappa shape index (κ1) is 18.5. The number of carbonyl (C=O) groups is 2. The Balaban J connectivity index is 2.41. The molecule has 2 aromatic rings. The molecule has 0 spiro atoms. The number of benzene rings is 1. The van der Waals surface area contributed by atoms with E-state index in [0.717, 1.165) is 11.3 Å². The van der Waals surface area contributed by atoms with E-state index in [4.69, 9.17) is 26.2 Å². The van der Waals surface area contributed by atoms with Gasteiger partial charge >= 0.3 is 5.97 Å². The third-order valence-corrected chi connectivity index (χ3v) is 4.69. The van der Waals surface area contributed by atoms with Gasteiger partial charge in [-0.2, -0.15) is 0 Å². The quantitative estimate of drug-likeness (QED) is 0.559. The number of carboxylic acid groups (broad SMARTS) is 1. The van der Waals surface area contributed by atoms with Crippen molar-refractivity contribution in [3.63, 3.8) is 0 Å². The van der Waals surface area contributed by atoms with Crippen molar-refractivity contribution < 1.29 is 28.6 Å². The van der Waals surface area contributed by atoms with Crippen LogP contribution in [0.4, 0.5) is 4.39 Å². The molecule has 0 saturated carbocycles. The number of alkyl halides is 1. The molecule has 0 bridgehead atoms. The summed E-state index contributed by atoms with van der Waals surface area (Å²) in [6.45, 7) is 1.57. The third kappa shape index (κ3) is 3.79. The lowest BCUT2D eigenvalue weighted by Crippen LogP contribution is -2.13. The molecule has 0 amide bonds. The van der Waals surface area contributed by atoms with Crippen LogP contribution in [0, 0.1) is 11.7 Å². The summed E-state index contributed by atoms with van der Waals surface area (Å²) in [5, 5.41) is 9.13. The topological polar surface area (TPSA) is 72.8 Å². The molecule has 1 N–H and O–H groups in total. The molecule has 2 rings (SSSR count). The summed E-state index contributed by atoms with van der Waals surface area (Å²) < 4.78 is 25.6. The van der Waals surface area contributed by atoms with Crippen molar-refractivity contribution in [2.45, 2.75) is 13.3 Å². The molecule has 0 aliphatic heterocycles. The first-order valence-corrected chi connectivity index (χ1v) is 8.49. The maximum absolute atomic E-state index is 14.7. The normalized spacial score (nSPS) is 12.2. The van der Waals surface area contributed by atoms with Gasteiger partial charge in [0, 0.05) is 22.6 Å². The molecule has 0 saturated heterocycles. The van der Waals surface area contributed by atoms with Gasteiger partial charge in [0.1, 0.15) is 6.61 Å². The number of rotatable bonds is 8. The fourth-order valence-electron chi connectivity index (χ4n) is 2.13. The summed E-state index contributed by atoms with van der Waals surface area (Å²) in [6, 6.07) is 3.00. The predicted octanol–water partition coefficient (Wildman–Crippen LogP) is 3.96. The first-order chi connectivity index (χ1) is 11.4. The second kappa shape index (κ2) is 7.81. The molecule has 130 valence electrons. The second-order valence-electron chi connectivity index (χ2n) is 5.15. The SMILES string of the molecule is COc1cc2sc(C(=O)C[C@H](C)C(=O)O)cc2c(F)c1OCCCl. The number of fused-ring (bicyclic) bond motifs is 1. The zero-order valence-corrected chi connectivity index (χ0v) is 14.7. The zero-order valence-electron chi connectivity index (χ0n) is 13.1. The van der Waals surface area contributed by atoms with Crippen molar-refractivity contribution in [2.75, 3.05) is 19.6 Å². The first-order valence-electron chi connectivity index (χ1n) is 7.13. The lowest BCUT2D eigenvalue weighted by atomic mass is 10.0. The van der Waals surface area contributed by atoms with Crippen molar-refractivity contribution in [1.29, 1.82) is 0 Å². The van der Waals surface area contributed by atoms with Crippen molar-refractivity contribution in [1.82, 2.24) is 0 Å². The molecule has 0 aliphatic carbocycles. The zero-order chi connectivity index (χ0) is 17.9. The highest BCUT2D eigenvalue weighted by molar-refractivity contribution is 7.20. The van der Waals surface area contributed by atoms with Gasteiger partial charge < -0.3 is 14.6 Å². The number of aliphatic carboxylic acids is 1. The van der Waals surface area contributed by atoms with Gasteiger partial charge in [-0.1, -0.05) is 6.92 Å². The van der Waals surface area contributed by atoms with Crippen LogP contribution in [0.3, 0.4) is 0 Å². The van der Waals surface area contributed by atoms with Crippen LogP contribution in [-0.2, 0) is 4.79 Å². The molecule has 1 heterocycles. The van der Waals surface area contributed by atoms with Gasteiger partial charge in [-0.25, -0.2) is 4.39 Å². The average Bonchev–Trinajstić information content (AvgIpc) is 2.98. The Labute approximate surface area is 146 Å². The molecule has 1 aromatic heterocycles. The van der Waals surface area contributed by atoms with Crippen molar-refractivity contribution in [2.24, 2.45) is 5.92 Å². The Morgan fingerprint density at radius 3 is 2.71 bits per heavy atom. The lowest BCUT2D eigenvalue weighted by Gasteiger charge is -2.11. The molecular weight excluding hydrogens is 359 g/mol. The maximum atomic E-state index is 14.7. The van der Waals surface area contributed by atoms with E-state index in [1.807, 2.05) is 0 Å². The third-order valence-electron chi connectivity index (χ3n) is 3.41. The van der Waals surface area contributed by atoms with E-state index in [0.29, 0.717) is 9.58 Å². The predicted molar refractivity (Wildman–Crippen MR) is 90.3 cm³/mol. The number of hydrogen-bond acceptors (Lipinski definition) is 5. The Kier molecular flexibility index (Phi) is 6.01. The molecule has 0 aliphatic rings. The summed E-state index contributed by atoms with van der Waals surface area (Å²) in [5.74, 6) is -2.46. The van der Waals surface area contributed by atoms with E-state index in [1.165, 1.54) is 20.1 Å². The molecule has 24 heavy (non-hydrogen) atoms. The minimum atomic E-state index is -1.05. The molecule has 0 unspecified atom stereocenters. The van der Waals surface area contributed by atoms with Gasteiger partial charge in [0.25, 0.3) is 0 Å². The van der Waals surface area contributed by atoms with E-state index < -0.39 is 17.7 Å². The molecule has 1 aromatic carbocycles. The summed E-state index contributed by atoms with van der Waals surface area (Å²) in [5.41, 5.74) is 0. The smallest absolute Gasteiger partial charge is 0.306 e. The summed E-state index contributed by atoms with van der Waals surface area (Å²) in [4.78, 5) is 23.4. The van der Waals surface area contributed by atoms with Crippen LogP contribution in [0.5, 0.6) is 11.5 Å². The monoisotopic (exact) mass is 374 g/mol. The number of ether oxygens (including phenoxy) is 2. The van der Waals surface area contributed by atoms with Crippen LogP contribution in [-0.4, -0.2) is 36.5 Å². The van der Waals surface area contributed by atoms with E-state index in [9.17, 15) is 14.0 Å². The summed E-state index contributed by atoms with van der Waals surface area (Å²) in [6.07, 6.45) is -0.142. The number of carbonyl (C=O) groups excluding carboxylic acids is 1. The van der Waals surface area contributed by atoms with E-state index in [1.54, 1.807) is 6.07 Å². The Hall–Kier alpha value is -1.86. The van der Waals surface area contributed by atoms with Crippen molar-refractivity contribution in [3.05, 3.63) is 22.8 Å². The Bertz CT molecular complexity index is 773. The molecule has 0 radical (unpaired) electrons. The van der Waals surface area contributed by atoms with Gasteiger partial charge in [0.05, 0.1) is 23.8 Å². The summed E-state index contributed by atoms with van der Waals surface area (Å²) in [7, 11) is 1.39. The van der Waals surface area contributed by atoms with Crippen LogP contribution in [0.15, 0.2) is 12.1 Å². The van der Waals surface area contributed by atoms with Crippen LogP contribution in [0.2, 0.25) is 0 Å². The number of hydrogen-bond donors (Lipinski definition) is 1. The molecule has 8 heteroatoms. The Morgan fingerprint density at radius 2 is 2.12 bits per heavy atom. The van der Waals surface area contributed by atoms with E-state index in [2.05, 4.69) is 0 Å². The van der Waals surface area contributed by atoms with Crippen molar-refractivity contribution in [3.8, 4) is 11.5 Å². The number of ketones is 1. The van der Waals surface area contributed by atoms with E-state index >= 15 is 0 Å². The highest BCUT2D eigenvalue weighted by Crippen LogP contribution is 2.40. The summed E-state index contributed by atoms with van der Waals surface area (Å²) >= 11 is 6.65. The maximum Gasteiger partial charge on any atom is 0.306 e. The van der Waals surface area contributed by atoms with Gasteiger partial charge in [-0.15, -0.1) is 22.9 Å². The number of halogens is 2. The molecule has 5 nitrogen and oxygen atoms in total. The van der Waals surface area contributed by atoms with Gasteiger partial charge in [-0.3, -0.25) is 9.59 Å². The standard InChI is InChI=1S/C16H16ClFO5S/c1-8(16(20)21)5-10(19)13-6-9-12(24-13)7-11(22-2)15(14(9)18)23-4-3-17/h6-8H,3-5H2,1-2H3,(H,20,21)/t8-/m0/s1. The fourth-order valence-corrected chi connectivity index (χ4v) is 3.24. The fraction of sp³-hybridized carbons (Fsp3) is 0.375. The number of thiophene rings is 1. The van der Waals surface area contributed by atoms with E-state index in [-0.39, 0.29) is 41.6 Å². The molecule has 0 fully saturated rings. The highest BCUT2D eigenvalue weighted by Gasteiger charge is 2.22.